The SMILES string of the molecule is CC(=O)O[C@H]1C[C@@H](C(C)C(CC(C)C(C)=O)OC=O)[C@@]2(C)CC[C@H]3[C@@H](C[C@H]4O[C@]45[C@@H](O)C=CC(=O)[C@]35C)[C@H]12. The van der Waals surface area contributed by atoms with Gasteiger partial charge in [-0.25, -0.2) is 0 Å². The monoisotopic (exact) mass is 530 g/mol. The van der Waals surface area contributed by atoms with Crippen molar-refractivity contribution in [3.63, 3.8) is 0 Å². The molecule has 1 spiro atoms. The molecule has 3 saturated carbocycles. The summed E-state index contributed by atoms with van der Waals surface area (Å²) in [7, 11) is 0. The number of hydrogen-bond acceptors (Lipinski definition) is 8. The van der Waals surface area contributed by atoms with Crippen molar-refractivity contribution in [3.05, 3.63) is 12.2 Å². The Kier molecular flexibility index (Phi) is 6.70. The first-order valence-electron chi connectivity index (χ1n) is 14.2. The molecule has 0 amide bonds. The number of allylic oxidation sites excluding steroid dienone is 1. The molecule has 1 N–H and O–H groups in total. The predicted molar refractivity (Wildman–Crippen MR) is 137 cm³/mol. The first kappa shape index (κ1) is 27.5. The van der Waals surface area contributed by atoms with E-state index in [1.54, 1.807) is 13.0 Å². The van der Waals surface area contributed by atoms with Crippen molar-refractivity contribution in [2.75, 3.05) is 0 Å². The van der Waals surface area contributed by atoms with Crippen LogP contribution < -0.4 is 0 Å². The smallest absolute Gasteiger partial charge is 0.302 e. The summed E-state index contributed by atoms with van der Waals surface area (Å²) in [6.07, 6.45) is 4.75. The van der Waals surface area contributed by atoms with Gasteiger partial charge in [-0.05, 0) is 87.2 Å². The van der Waals surface area contributed by atoms with Crippen LogP contribution in [0.4, 0.5) is 0 Å². The Morgan fingerprint density at radius 3 is 2.58 bits per heavy atom. The summed E-state index contributed by atoms with van der Waals surface area (Å²) < 4.78 is 17.8. The van der Waals surface area contributed by atoms with Crippen LogP contribution in [-0.2, 0) is 33.4 Å². The number of Topliss-reactive ketones (excluding diaryl/α,β-unsaturated/α-hetero) is 1. The molecular weight excluding hydrogens is 488 g/mol. The van der Waals surface area contributed by atoms with E-state index in [0.29, 0.717) is 25.7 Å². The third kappa shape index (κ3) is 3.69. The normalized spacial score (nSPS) is 46.9. The van der Waals surface area contributed by atoms with Crippen molar-refractivity contribution in [3.8, 4) is 0 Å². The molecule has 5 aliphatic rings. The van der Waals surface area contributed by atoms with Crippen LogP contribution in [0.2, 0.25) is 0 Å². The van der Waals surface area contributed by atoms with E-state index in [1.165, 1.54) is 13.0 Å². The lowest BCUT2D eigenvalue weighted by molar-refractivity contribution is -0.165. The Labute approximate surface area is 224 Å². The minimum atomic E-state index is -0.859. The summed E-state index contributed by atoms with van der Waals surface area (Å²) >= 11 is 0. The number of aliphatic hydroxyl groups excluding tert-OH is 1. The average Bonchev–Trinajstić information content (AvgIpc) is 3.51. The number of epoxide rings is 1. The topological polar surface area (TPSA) is 120 Å². The van der Waals surface area contributed by atoms with Gasteiger partial charge in [0, 0.05) is 18.8 Å². The van der Waals surface area contributed by atoms with Gasteiger partial charge in [0.05, 0.1) is 11.5 Å². The Bertz CT molecular complexity index is 1050. The van der Waals surface area contributed by atoms with Crippen LogP contribution in [0.25, 0.3) is 0 Å². The predicted octanol–water partition coefficient (Wildman–Crippen LogP) is 3.43. The second-order valence-corrected chi connectivity index (χ2v) is 13.2. The highest BCUT2D eigenvalue weighted by Crippen LogP contribution is 2.73. The maximum atomic E-state index is 13.5. The molecule has 8 heteroatoms. The second-order valence-electron chi connectivity index (χ2n) is 13.2. The van der Waals surface area contributed by atoms with Gasteiger partial charge in [-0.1, -0.05) is 20.8 Å². The molecule has 0 aromatic rings. The van der Waals surface area contributed by atoms with E-state index in [1.807, 2.05) is 13.8 Å². The first-order chi connectivity index (χ1) is 17.8. The van der Waals surface area contributed by atoms with Crippen LogP contribution in [0.5, 0.6) is 0 Å². The Morgan fingerprint density at radius 1 is 1.24 bits per heavy atom. The zero-order chi connectivity index (χ0) is 27.8. The third-order valence-corrected chi connectivity index (χ3v) is 11.7. The van der Waals surface area contributed by atoms with Gasteiger partial charge in [-0.15, -0.1) is 0 Å². The van der Waals surface area contributed by atoms with Crippen LogP contribution >= 0.6 is 0 Å². The molecule has 0 bridgehead atoms. The summed E-state index contributed by atoms with van der Waals surface area (Å²) in [6.45, 7) is 11.6. The van der Waals surface area contributed by atoms with Gasteiger partial charge in [0.15, 0.2) is 5.78 Å². The summed E-state index contributed by atoms with van der Waals surface area (Å²) in [5, 5.41) is 10.9. The number of fused-ring (bicyclic) bond motifs is 4. The third-order valence-electron chi connectivity index (χ3n) is 11.7. The van der Waals surface area contributed by atoms with E-state index in [9.17, 15) is 24.3 Å². The number of aliphatic hydroxyl groups is 1. The van der Waals surface area contributed by atoms with Crippen molar-refractivity contribution in [2.45, 2.75) is 104 Å². The van der Waals surface area contributed by atoms with Gasteiger partial charge in [0.1, 0.15) is 29.7 Å². The molecule has 1 saturated heterocycles. The van der Waals surface area contributed by atoms with Crippen molar-refractivity contribution in [1.82, 2.24) is 0 Å². The zero-order valence-electron chi connectivity index (χ0n) is 23.3. The summed E-state index contributed by atoms with van der Waals surface area (Å²) in [5.74, 6) is -0.363. The molecule has 1 aliphatic heterocycles. The first-order valence-corrected chi connectivity index (χ1v) is 14.2. The molecule has 1 heterocycles. The number of hydrogen-bond donors (Lipinski definition) is 1. The average molecular weight is 531 g/mol. The van der Waals surface area contributed by atoms with Crippen LogP contribution in [0.15, 0.2) is 12.2 Å². The lowest BCUT2D eigenvalue weighted by Crippen LogP contribution is -2.64. The minimum Gasteiger partial charge on any atom is -0.464 e. The Morgan fingerprint density at radius 2 is 1.95 bits per heavy atom. The molecule has 0 radical (unpaired) electrons. The number of ketones is 2. The maximum absolute atomic E-state index is 13.5. The van der Waals surface area contributed by atoms with Crippen molar-refractivity contribution < 1.29 is 38.5 Å². The van der Waals surface area contributed by atoms with E-state index in [0.717, 1.165) is 12.8 Å². The highest BCUT2D eigenvalue weighted by atomic mass is 16.6. The van der Waals surface area contributed by atoms with E-state index in [-0.39, 0.29) is 70.7 Å². The zero-order valence-corrected chi connectivity index (χ0v) is 23.3. The Balaban J connectivity index is 1.50. The summed E-state index contributed by atoms with van der Waals surface area (Å²) in [5.41, 5.74) is -1.91. The fourth-order valence-electron chi connectivity index (χ4n) is 9.66. The Hall–Kier alpha value is -2.06. The highest BCUT2D eigenvalue weighted by Gasteiger charge is 2.80. The number of rotatable bonds is 8. The van der Waals surface area contributed by atoms with Crippen LogP contribution in [0.3, 0.4) is 0 Å². The highest BCUT2D eigenvalue weighted by molar-refractivity contribution is 5.98. The number of ether oxygens (including phenoxy) is 3. The van der Waals surface area contributed by atoms with Crippen molar-refractivity contribution in [2.24, 2.45) is 46.3 Å². The summed E-state index contributed by atoms with van der Waals surface area (Å²) in [4.78, 5) is 49.2. The number of esters is 1. The molecule has 4 fully saturated rings. The molecule has 0 aromatic heterocycles. The van der Waals surface area contributed by atoms with E-state index < -0.39 is 23.2 Å². The van der Waals surface area contributed by atoms with Gasteiger partial charge in [-0.2, -0.15) is 0 Å². The quantitative estimate of drug-likeness (QED) is 0.288. The summed E-state index contributed by atoms with van der Waals surface area (Å²) in [6, 6.07) is 0. The van der Waals surface area contributed by atoms with Crippen LogP contribution in [0.1, 0.15) is 73.6 Å². The number of carbonyl (C=O) groups excluding carboxylic acids is 4. The van der Waals surface area contributed by atoms with Crippen LogP contribution in [-0.4, -0.2) is 59.1 Å². The van der Waals surface area contributed by atoms with Gasteiger partial charge in [0.25, 0.3) is 6.47 Å². The molecular formula is C30H42O8. The molecule has 38 heavy (non-hydrogen) atoms. The van der Waals surface area contributed by atoms with Crippen molar-refractivity contribution >= 4 is 24.0 Å². The van der Waals surface area contributed by atoms with Gasteiger partial charge >= 0.3 is 5.97 Å². The van der Waals surface area contributed by atoms with Gasteiger partial charge < -0.3 is 19.3 Å². The molecule has 13 atom stereocenters. The fourth-order valence-corrected chi connectivity index (χ4v) is 9.66. The lowest BCUT2D eigenvalue weighted by atomic mass is 9.44. The van der Waals surface area contributed by atoms with Gasteiger partial charge in [0.2, 0.25) is 0 Å². The minimum absolute atomic E-state index is 0.00158. The van der Waals surface area contributed by atoms with Crippen LogP contribution in [0, 0.1) is 46.3 Å². The molecule has 4 aliphatic carbocycles. The number of carbonyl (C=O) groups is 4. The largest absolute Gasteiger partial charge is 0.464 e. The fraction of sp³-hybridized carbons (Fsp3) is 0.800. The molecule has 3 unspecified atom stereocenters. The van der Waals surface area contributed by atoms with E-state index >= 15 is 0 Å². The molecule has 210 valence electrons. The lowest BCUT2D eigenvalue weighted by Gasteiger charge is -2.58. The van der Waals surface area contributed by atoms with Crippen molar-refractivity contribution in [1.29, 1.82) is 0 Å². The molecule has 5 rings (SSSR count). The van der Waals surface area contributed by atoms with E-state index in [2.05, 4.69) is 13.8 Å². The molecule has 0 aromatic carbocycles. The molecule has 8 nitrogen and oxygen atoms in total. The standard InChI is InChI=1S/C30H42O8/c1-15(17(3)32)11-22(36-14-31)16(2)21-13-23(37-18(4)33)27-19-12-26-30(38-26)25(35)8-7-24(34)29(30,6)20(19)9-10-28(21,27)5/h7-8,14-16,19-23,25-27,35H,9-13H2,1-6H3/t15?,16?,19-,20+,21+,22?,23+,25+,26-,27-,28-,29+,30-/m1/s1. The van der Waals surface area contributed by atoms with Gasteiger partial charge in [-0.3, -0.25) is 19.2 Å². The second kappa shape index (κ2) is 9.26. The van der Waals surface area contributed by atoms with E-state index in [4.69, 9.17) is 14.2 Å². The maximum Gasteiger partial charge on any atom is 0.302 e.